The molecule has 32 heavy (non-hydrogen) atoms. The second-order valence-electron chi connectivity index (χ2n) is 9.01. The first kappa shape index (κ1) is 24.0. The van der Waals surface area contributed by atoms with Crippen LogP contribution in [0.15, 0.2) is 60.7 Å². The summed E-state index contributed by atoms with van der Waals surface area (Å²) < 4.78 is 6.60. The summed E-state index contributed by atoms with van der Waals surface area (Å²) in [6.07, 6.45) is 6.64. The molecule has 0 radical (unpaired) electrons. The fourth-order valence-electron chi connectivity index (χ4n) is 4.48. The Morgan fingerprint density at radius 3 is 2.28 bits per heavy atom. The summed E-state index contributed by atoms with van der Waals surface area (Å²) in [5.74, 6) is 6.04. The standard InChI is InChI=1S/C28H36NO3/c1-3-4-5-6-7-14-21-29(2)22-15-20-26(29)23-32-27(30)28(31,24-16-10-8-11-17-24)25-18-12-9-13-19-25/h8-13,16-19,26,31H,3-6,15,20-23H2,1-2H3/q+1/t26?,29-/m1/s1. The number of unbranched alkanes of at least 4 members (excludes halogenated alkanes) is 3. The van der Waals surface area contributed by atoms with Gasteiger partial charge in [-0.25, -0.2) is 4.79 Å². The molecule has 0 aromatic heterocycles. The van der Waals surface area contributed by atoms with Crippen LogP contribution in [0.1, 0.15) is 56.6 Å². The molecule has 4 heteroatoms. The first-order chi connectivity index (χ1) is 15.5. The van der Waals surface area contributed by atoms with Crippen LogP contribution in [0.4, 0.5) is 0 Å². The van der Waals surface area contributed by atoms with E-state index in [-0.39, 0.29) is 12.6 Å². The van der Waals surface area contributed by atoms with E-state index in [4.69, 9.17) is 4.74 Å². The van der Waals surface area contributed by atoms with Crippen molar-refractivity contribution in [1.29, 1.82) is 0 Å². The van der Waals surface area contributed by atoms with Crippen LogP contribution in [0, 0.1) is 11.8 Å². The first-order valence-electron chi connectivity index (χ1n) is 11.8. The zero-order valence-electron chi connectivity index (χ0n) is 19.4. The average molecular weight is 435 g/mol. The number of hydrogen-bond donors (Lipinski definition) is 1. The highest BCUT2D eigenvalue weighted by Crippen LogP contribution is 2.32. The Morgan fingerprint density at radius 1 is 1.06 bits per heavy atom. The summed E-state index contributed by atoms with van der Waals surface area (Å²) in [5, 5.41) is 11.6. The van der Waals surface area contributed by atoms with Crippen molar-refractivity contribution >= 4 is 5.97 Å². The van der Waals surface area contributed by atoms with Crippen molar-refractivity contribution in [1.82, 2.24) is 0 Å². The van der Waals surface area contributed by atoms with Crippen molar-refractivity contribution in [3.05, 3.63) is 71.8 Å². The Balaban J connectivity index is 1.69. The van der Waals surface area contributed by atoms with Crippen LogP contribution < -0.4 is 0 Å². The number of rotatable bonds is 9. The Morgan fingerprint density at radius 2 is 1.69 bits per heavy atom. The van der Waals surface area contributed by atoms with Crippen molar-refractivity contribution in [2.75, 3.05) is 26.7 Å². The number of hydrogen-bond acceptors (Lipinski definition) is 3. The lowest BCUT2D eigenvalue weighted by Gasteiger charge is -2.35. The summed E-state index contributed by atoms with van der Waals surface area (Å²) in [6, 6.07) is 18.3. The van der Waals surface area contributed by atoms with E-state index in [0.29, 0.717) is 11.1 Å². The third-order valence-corrected chi connectivity index (χ3v) is 6.64. The number of nitrogens with zero attached hydrogens (tertiary/aromatic N) is 1. The normalized spacial score (nSPS) is 20.4. The van der Waals surface area contributed by atoms with Gasteiger partial charge in [-0.2, -0.15) is 0 Å². The fourth-order valence-corrected chi connectivity index (χ4v) is 4.48. The Bertz CT molecular complexity index is 876. The van der Waals surface area contributed by atoms with Crippen LogP contribution in [0.2, 0.25) is 0 Å². The first-order valence-corrected chi connectivity index (χ1v) is 11.8. The molecular formula is C28H36NO3+. The van der Waals surface area contributed by atoms with Gasteiger partial charge in [-0.3, -0.25) is 0 Å². The second-order valence-corrected chi connectivity index (χ2v) is 9.01. The lowest BCUT2D eigenvalue weighted by molar-refractivity contribution is -0.914. The van der Waals surface area contributed by atoms with Gasteiger partial charge in [0.25, 0.3) is 0 Å². The van der Waals surface area contributed by atoms with Gasteiger partial charge in [0, 0.05) is 19.3 Å². The second kappa shape index (κ2) is 11.3. The van der Waals surface area contributed by atoms with Gasteiger partial charge in [-0.1, -0.05) is 86.3 Å². The zero-order chi connectivity index (χ0) is 22.9. The molecule has 1 fully saturated rings. The summed E-state index contributed by atoms with van der Waals surface area (Å²) in [6.45, 7) is 4.30. The molecule has 4 nitrogen and oxygen atoms in total. The Labute approximate surface area is 192 Å². The van der Waals surface area contributed by atoms with Gasteiger partial charge in [0.05, 0.1) is 13.6 Å². The van der Waals surface area contributed by atoms with Crippen LogP contribution in [0.5, 0.6) is 0 Å². The van der Waals surface area contributed by atoms with E-state index < -0.39 is 11.6 Å². The smallest absolute Gasteiger partial charge is 0.347 e. The van der Waals surface area contributed by atoms with E-state index in [0.717, 1.165) is 43.3 Å². The fraction of sp³-hybridized carbons (Fsp3) is 0.464. The molecule has 0 saturated carbocycles. The van der Waals surface area contributed by atoms with Gasteiger partial charge in [0.1, 0.15) is 19.2 Å². The minimum Gasteiger partial charge on any atom is -0.457 e. The maximum Gasteiger partial charge on any atom is 0.347 e. The number of esters is 1. The predicted octanol–water partition coefficient (Wildman–Crippen LogP) is 4.66. The van der Waals surface area contributed by atoms with Gasteiger partial charge in [0.2, 0.25) is 5.60 Å². The van der Waals surface area contributed by atoms with Gasteiger partial charge in [-0.15, -0.1) is 0 Å². The molecule has 0 bridgehead atoms. The lowest BCUT2D eigenvalue weighted by Crippen LogP contribution is -2.51. The molecule has 0 spiro atoms. The molecule has 1 aliphatic heterocycles. The number of likely N-dealkylation sites (tertiary alicyclic amines) is 1. The highest BCUT2D eigenvalue weighted by atomic mass is 16.6. The summed E-state index contributed by atoms with van der Waals surface area (Å²) >= 11 is 0. The van der Waals surface area contributed by atoms with Crippen molar-refractivity contribution in [2.45, 2.75) is 57.1 Å². The molecule has 3 rings (SSSR count). The number of carbonyl (C=O) groups is 1. The topological polar surface area (TPSA) is 46.5 Å². The average Bonchev–Trinajstić information content (AvgIpc) is 3.20. The van der Waals surface area contributed by atoms with E-state index in [9.17, 15) is 9.90 Å². The third-order valence-electron chi connectivity index (χ3n) is 6.64. The van der Waals surface area contributed by atoms with Gasteiger partial charge in [0.15, 0.2) is 0 Å². The third kappa shape index (κ3) is 5.59. The molecule has 1 saturated heterocycles. The number of likely N-dealkylation sites (N-methyl/N-ethyl adjacent to an activating group) is 1. The molecule has 2 aromatic carbocycles. The van der Waals surface area contributed by atoms with Crippen molar-refractivity contribution in [3.63, 3.8) is 0 Å². The molecule has 1 heterocycles. The number of ether oxygens (including phenoxy) is 1. The van der Waals surface area contributed by atoms with Gasteiger partial charge >= 0.3 is 5.97 Å². The van der Waals surface area contributed by atoms with E-state index in [1.54, 1.807) is 24.3 Å². The quantitative estimate of drug-likeness (QED) is 0.270. The number of aliphatic hydroxyl groups is 1. The number of benzene rings is 2. The van der Waals surface area contributed by atoms with Crippen molar-refractivity contribution in [3.8, 4) is 11.8 Å². The van der Waals surface area contributed by atoms with E-state index in [2.05, 4.69) is 25.8 Å². The molecule has 1 N–H and O–H groups in total. The lowest BCUT2D eigenvalue weighted by atomic mass is 9.86. The highest BCUT2D eigenvalue weighted by Gasteiger charge is 2.44. The minimum atomic E-state index is -1.83. The molecule has 2 aromatic rings. The van der Waals surface area contributed by atoms with Crippen LogP contribution >= 0.6 is 0 Å². The largest absolute Gasteiger partial charge is 0.457 e. The number of quaternary nitrogens is 1. The summed E-state index contributed by atoms with van der Waals surface area (Å²) in [4.78, 5) is 13.3. The van der Waals surface area contributed by atoms with E-state index >= 15 is 0 Å². The molecular weight excluding hydrogens is 398 g/mol. The van der Waals surface area contributed by atoms with Crippen molar-refractivity contribution < 1.29 is 19.1 Å². The Hall–Kier alpha value is -2.61. The molecule has 0 aliphatic carbocycles. The van der Waals surface area contributed by atoms with Crippen LogP contribution in [-0.4, -0.2) is 48.3 Å². The Kier molecular flexibility index (Phi) is 8.50. The van der Waals surface area contributed by atoms with Crippen LogP contribution in [0.3, 0.4) is 0 Å². The van der Waals surface area contributed by atoms with Gasteiger partial charge < -0.3 is 14.3 Å². The predicted molar refractivity (Wildman–Crippen MR) is 128 cm³/mol. The van der Waals surface area contributed by atoms with E-state index in [1.165, 1.54) is 12.8 Å². The summed E-state index contributed by atoms with van der Waals surface area (Å²) in [7, 11) is 2.20. The molecule has 0 amide bonds. The molecule has 1 unspecified atom stereocenters. The van der Waals surface area contributed by atoms with Crippen molar-refractivity contribution in [2.24, 2.45) is 0 Å². The van der Waals surface area contributed by atoms with Crippen LogP contribution in [0.25, 0.3) is 0 Å². The SMILES string of the molecule is CCCCCC#CC[N@+]1(C)CCCC1COC(=O)C(O)(c1ccccc1)c1ccccc1. The monoisotopic (exact) mass is 434 g/mol. The van der Waals surface area contributed by atoms with E-state index in [1.807, 2.05) is 36.4 Å². The zero-order valence-corrected chi connectivity index (χ0v) is 19.4. The minimum absolute atomic E-state index is 0.194. The highest BCUT2D eigenvalue weighted by molar-refractivity contribution is 5.85. The maximum absolute atomic E-state index is 13.3. The molecule has 2 atom stereocenters. The molecule has 1 aliphatic rings. The maximum atomic E-state index is 13.3. The van der Waals surface area contributed by atoms with Crippen LogP contribution in [-0.2, 0) is 15.1 Å². The number of carbonyl (C=O) groups excluding carboxylic acids is 1. The van der Waals surface area contributed by atoms with Gasteiger partial charge in [-0.05, 0) is 23.5 Å². The molecule has 170 valence electrons. The summed E-state index contributed by atoms with van der Waals surface area (Å²) in [5.41, 5.74) is -0.806.